The van der Waals surface area contributed by atoms with Crippen molar-refractivity contribution < 1.29 is 0 Å². The Morgan fingerprint density at radius 2 is 1.70 bits per heavy atom. The first-order valence-corrected chi connectivity index (χ1v) is 8.10. The number of hydrogen-bond acceptors (Lipinski definition) is 2. The Bertz CT molecular complexity index is 364. The minimum Gasteiger partial charge on any atom is -0.301 e. The zero-order valence-corrected chi connectivity index (χ0v) is 13.3. The van der Waals surface area contributed by atoms with E-state index in [0.29, 0.717) is 0 Å². The predicted molar refractivity (Wildman–Crippen MR) is 86.6 cm³/mol. The second-order valence-electron chi connectivity index (χ2n) is 5.84. The molecular formula is C18H29N2. The monoisotopic (exact) mass is 273 g/mol. The van der Waals surface area contributed by atoms with E-state index in [1.54, 1.807) is 0 Å². The molecule has 1 aliphatic heterocycles. The summed E-state index contributed by atoms with van der Waals surface area (Å²) in [5, 5.41) is 0. The minimum atomic E-state index is 0.797. The Kier molecular flexibility index (Phi) is 6.06. The summed E-state index contributed by atoms with van der Waals surface area (Å²) in [6.07, 6.45) is 3.72. The third kappa shape index (κ3) is 4.07. The van der Waals surface area contributed by atoms with Crippen molar-refractivity contribution in [3.05, 3.63) is 41.9 Å². The summed E-state index contributed by atoms with van der Waals surface area (Å²) in [5.74, 6) is 0. The van der Waals surface area contributed by atoms with Gasteiger partial charge in [-0.05, 0) is 44.8 Å². The third-order valence-electron chi connectivity index (χ3n) is 4.64. The molecular weight excluding hydrogens is 244 g/mol. The number of piperidine rings is 1. The van der Waals surface area contributed by atoms with Gasteiger partial charge in [0, 0.05) is 25.2 Å². The van der Waals surface area contributed by atoms with Gasteiger partial charge in [0.2, 0.25) is 0 Å². The Morgan fingerprint density at radius 3 is 2.25 bits per heavy atom. The molecule has 20 heavy (non-hydrogen) atoms. The van der Waals surface area contributed by atoms with Gasteiger partial charge in [-0.3, -0.25) is 4.90 Å². The summed E-state index contributed by atoms with van der Waals surface area (Å²) < 4.78 is 0. The summed E-state index contributed by atoms with van der Waals surface area (Å²) in [5.41, 5.74) is 1.43. The summed E-state index contributed by atoms with van der Waals surface area (Å²) >= 11 is 0. The summed E-state index contributed by atoms with van der Waals surface area (Å²) in [6, 6.07) is 13.1. The molecule has 2 rings (SSSR count). The van der Waals surface area contributed by atoms with Gasteiger partial charge in [-0.1, -0.05) is 44.2 Å². The molecule has 1 aliphatic rings. The molecule has 2 nitrogen and oxygen atoms in total. The van der Waals surface area contributed by atoms with Crippen LogP contribution in [0.15, 0.2) is 30.3 Å². The summed E-state index contributed by atoms with van der Waals surface area (Å²) in [4.78, 5) is 5.21. The van der Waals surface area contributed by atoms with Crippen molar-refractivity contribution >= 4 is 0 Å². The van der Waals surface area contributed by atoms with Crippen molar-refractivity contribution in [3.63, 3.8) is 0 Å². The first kappa shape index (κ1) is 15.5. The molecule has 0 bridgehead atoms. The maximum absolute atomic E-state index is 2.61. The highest BCUT2D eigenvalue weighted by Gasteiger charge is 2.25. The van der Waals surface area contributed by atoms with E-state index in [1.165, 1.54) is 50.6 Å². The molecule has 0 unspecified atom stereocenters. The zero-order chi connectivity index (χ0) is 14.4. The van der Waals surface area contributed by atoms with Crippen LogP contribution >= 0.6 is 0 Å². The van der Waals surface area contributed by atoms with Crippen LogP contribution in [0.4, 0.5) is 0 Å². The van der Waals surface area contributed by atoms with E-state index in [9.17, 15) is 0 Å². The molecule has 0 atom stereocenters. The highest BCUT2D eigenvalue weighted by molar-refractivity contribution is 5.18. The van der Waals surface area contributed by atoms with Gasteiger partial charge in [-0.25, -0.2) is 0 Å². The van der Waals surface area contributed by atoms with Crippen LogP contribution in [-0.4, -0.2) is 42.0 Å². The maximum atomic E-state index is 2.61. The number of rotatable bonds is 6. The minimum absolute atomic E-state index is 0.797. The van der Waals surface area contributed by atoms with Crippen molar-refractivity contribution in [3.8, 4) is 0 Å². The number of nitrogens with zero attached hydrogens (tertiary/aromatic N) is 2. The smallest absolute Gasteiger partial charge is 0.0405 e. The fourth-order valence-corrected chi connectivity index (χ4v) is 3.36. The molecule has 1 heterocycles. The molecule has 1 aromatic carbocycles. The van der Waals surface area contributed by atoms with Gasteiger partial charge in [-0.2, -0.15) is 0 Å². The van der Waals surface area contributed by atoms with Crippen LogP contribution in [-0.2, 0) is 6.42 Å². The van der Waals surface area contributed by atoms with Crippen molar-refractivity contribution in [1.29, 1.82) is 0 Å². The van der Waals surface area contributed by atoms with E-state index in [1.807, 2.05) is 0 Å². The number of benzene rings is 1. The van der Waals surface area contributed by atoms with Crippen LogP contribution in [0.5, 0.6) is 0 Å². The molecule has 1 fully saturated rings. The molecule has 0 N–H and O–H groups in total. The fraction of sp³-hybridized carbons (Fsp3) is 0.611. The van der Waals surface area contributed by atoms with Crippen LogP contribution in [0.3, 0.4) is 0 Å². The molecule has 0 spiro atoms. The quantitative estimate of drug-likeness (QED) is 0.781. The molecule has 111 valence electrons. The Hall–Kier alpha value is -0.860. The van der Waals surface area contributed by atoms with Gasteiger partial charge in [0.05, 0.1) is 0 Å². The van der Waals surface area contributed by atoms with Crippen molar-refractivity contribution in [1.82, 2.24) is 9.80 Å². The second-order valence-corrected chi connectivity index (χ2v) is 5.84. The predicted octanol–water partition coefficient (Wildman–Crippen LogP) is 3.59. The number of hydrogen-bond donors (Lipinski definition) is 0. The lowest BCUT2D eigenvalue weighted by Gasteiger charge is -2.39. The second kappa shape index (κ2) is 7.80. The standard InChI is InChI=1S/C18H29N2/c1-4-19(5-2)18-11-13-20(14-12-18)16(3)15-17-9-7-6-8-10-17/h6-10,18H,4-5,11-15H2,1-3H3. The topological polar surface area (TPSA) is 6.48 Å². The molecule has 1 saturated heterocycles. The first-order chi connectivity index (χ1) is 9.74. The van der Waals surface area contributed by atoms with Gasteiger partial charge in [0.25, 0.3) is 0 Å². The van der Waals surface area contributed by atoms with E-state index in [-0.39, 0.29) is 0 Å². The lowest BCUT2D eigenvalue weighted by Crippen LogP contribution is -2.45. The molecule has 0 saturated carbocycles. The zero-order valence-electron chi connectivity index (χ0n) is 13.3. The van der Waals surface area contributed by atoms with Crippen molar-refractivity contribution in [2.45, 2.75) is 46.1 Å². The van der Waals surface area contributed by atoms with E-state index < -0.39 is 0 Å². The molecule has 0 aliphatic carbocycles. The maximum Gasteiger partial charge on any atom is 0.0405 e. The van der Waals surface area contributed by atoms with Crippen LogP contribution in [0, 0.1) is 6.04 Å². The van der Waals surface area contributed by atoms with Gasteiger partial charge >= 0.3 is 0 Å². The molecule has 1 aromatic rings. The van der Waals surface area contributed by atoms with Crippen molar-refractivity contribution in [2.75, 3.05) is 26.2 Å². The summed E-state index contributed by atoms with van der Waals surface area (Å²) in [7, 11) is 0. The van der Waals surface area contributed by atoms with Gasteiger partial charge in [-0.15, -0.1) is 0 Å². The lowest BCUT2D eigenvalue weighted by atomic mass is 9.99. The van der Waals surface area contributed by atoms with E-state index in [4.69, 9.17) is 0 Å². The van der Waals surface area contributed by atoms with Crippen LogP contribution < -0.4 is 0 Å². The fourth-order valence-electron chi connectivity index (χ4n) is 3.36. The highest BCUT2D eigenvalue weighted by atomic mass is 15.2. The van der Waals surface area contributed by atoms with E-state index >= 15 is 0 Å². The van der Waals surface area contributed by atoms with E-state index in [0.717, 1.165) is 12.5 Å². The first-order valence-electron chi connectivity index (χ1n) is 8.10. The normalized spacial score (nSPS) is 18.1. The van der Waals surface area contributed by atoms with Gasteiger partial charge in [0.1, 0.15) is 0 Å². The average molecular weight is 273 g/mol. The van der Waals surface area contributed by atoms with Crippen LogP contribution in [0.25, 0.3) is 0 Å². The third-order valence-corrected chi connectivity index (χ3v) is 4.64. The Morgan fingerprint density at radius 1 is 1.10 bits per heavy atom. The van der Waals surface area contributed by atoms with Gasteiger partial charge < -0.3 is 4.90 Å². The SMILES string of the molecule is CCN(CC)C1CCN([C](C)Cc2ccccc2)CC1. The lowest BCUT2D eigenvalue weighted by molar-refractivity contribution is 0.120. The molecule has 2 heteroatoms. The Balaban J connectivity index is 1.81. The Labute approximate surface area is 124 Å². The molecule has 0 aromatic heterocycles. The van der Waals surface area contributed by atoms with Crippen LogP contribution in [0.1, 0.15) is 39.2 Å². The van der Waals surface area contributed by atoms with Gasteiger partial charge in [0.15, 0.2) is 0 Å². The number of likely N-dealkylation sites (tertiary alicyclic amines) is 1. The van der Waals surface area contributed by atoms with E-state index in [2.05, 4.69) is 60.9 Å². The van der Waals surface area contributed by atoms with Crippen molar-refractivity contribution in [2.24, 2.45) is 0 Å². The average Bonchev–Trinajstić information content (AvgIpc) is 2.50. The molecule has 1 radical (unpaired) electrons. The van der Waals surface area contributed by atoms with Crippen LogP contribution in [0.2, 0.25) is 0 Å². The highest BCUT2D eigenvalue weighted by Crippen LogP contribution is 2.23. The largest absolute Gasteiger partial charge is 0.301 e. The molecule has 0 amide bonds. The summed E-state index contributed by atoms with van der Waals surface area (Å²) in [6.45, 7) is 11.7.